The van der Waals surface area contributed by atoms with Gasteiger partial charge in [0.05, 0.1) is 16.7 Å². The van der Waals surface area contributed by atoms with Gasteiger partial charge in [-0.3, -0.25) is 4.40 Å². The van der Waals surface area contributed by atoms with Gasteiger partial charge in [0.1, 0.15) is 0 Å². The first-order valence-electron chi connectivity index (χ1n) is 7.57. The Hall–Kier alpha value is -2.03. The van der Waals surface area contributed by atoms with Crippen molar-refractivity contribution < 1.29 is 8.78 Å². The molecule has 0 saturated carbocycles. The minimum Gasteiger partial charge on any atom is -0.295 e. The van der Waals surface area contributed by atoms with Gasteiger partial charge in [0.2, 0.25) is 0 Å². The van der Waals surface area contributed by atoms with Gasteiger partial charge < -0.3 is 0 Å². The second kappa shape index (κ2) is 7.30. The molecule has 0 unspecified atom stereocenters. The van der Waals surface area contributed by atoms with E-state index < -0.39 is 6.43 Å². The molecular formula is C17H11ClF2N4S2. The van der Waals surface area contributed by atoms with Gasteiger partial charge in [0.25, 0.3) is 6.43 Å². The van der Waals surface area contributed by atoms with E-state index in [-0.39, 0.29) is 5.01 Å². The van der Waals surface area contributed by atoms with Crippen LogP contribution in [0.25, 0.3) is 16.3 Å². The Morgan fingerprint density at radius 1 is 1.19 bits per heavy atom. The molecule has 4 rings (SSSR count). The lowest BCUT2D eigenvalue weighted by Gasteiger charge is -2.06. The second-order valence-electron chi connectivity index (χ2n) is 5.38. The van der Waals surface area contributed by atoms with Crippen molar-refractivity contribution in [2.45, 2.75) is 17.1 Å². The number of fused-ring (bicyclic) bond motifs is 1. The van der Waals surface area contributed by atoms with E-state index in [0.717, 1.165) is 22.0 Å². The van der Waals surface area contributed by atoms with Crippen LogP contribution in [-0.4, -0.2) is 19.6 Å². The largest absolute Gasteiger partial charge is 0.295 e. The van der Waals surface area contributed by atoms with Crippen LogP contribution in [0.4, 0.5) is 8.78 Å². The Kier molecular flexibility index (Phi) is 4.88. The number of imidazole rings is 1. The number of hydrogen-bond acceptors (Lipinski definition) is 5. The smallest absolute Gasteiger partial charge is 0.291 e. The van der Waals surface area contributed by atoms with Gasteiger partial charge in [0.15, 0.2) is 15.8 Å². The highest BCUT2D eigenvalue weighted by Gasteiger charge is 2.18. The standard InChI is InChI=1S/C17H11ClF2N4S2/c18-12-6-11(25-9-10-4-2-1-3-5-10)8-24-13(12)7-21-15(24)17-23-22-16(26-17)14(19)20/h1-8,14H,9H2. The van der Waals surface area contributed by atoms with Crippen LogP contribution in [0.15, 0.2) is 53.7 Å². The van der Waals surface area contributed by atoms with E-state index in [0.29, 0.717) is 21.4 Å². The van der Waals surface area contributed by atoms with E-state index in [1.165, 1.54) is 5.56 Å². The quantitative estimate of drug-likeness (QED) is 0.395. The summed E-state index contributed by atoms with van der Waals surface area (Å²) in [5, 5.41) is 7.92. The SMILES string of the molecule is FC(F)c1nnc(-c2ncc3c(Cl)cc(SCc4ccccc4)cn23)s1. The highest BCUT2D eigenvalue weighted by molar-refractivity contribution is 7.98. The summed E-state index contributed by atoms with van der Waals surface area (Å²) in [6.07, 6.45) is 0.848. The van der Waals surface area contributed by atoms with Crippen molar-refractivity contribution in [2.24, 2.45) is 0 Å². The topological polar surface area (TPSA) is 43.1 Å². The van der Waals surface area contributed by atoms with Crippen LogP contribution in [-0.2, 0) is 5.75 Å². The van der Waals surface area contributed by atoms with E-state index >= 15 is 0 Å². The van der Waals surface area contributed by atoms with Crippen LogP contribution >= 0.6 is 34.7 Å². The van der Waals surface area contributed by atoms with Gasteiger partial charge >= 0.3 is 0 Å². The molecule has 0 amide bonds. The maximum absolute atomic E-state index is 12.8. The number of halogens is 3. The lowest BCUT2D eigenvalue weighted by Crippen LogP contribution is -1.91. The number of benzene rings is 1. The number of aromatic nitrogens is 4. The molecule has 0 saturated heterocycles. The highest BCUT2D eigenvalue weighted by Crippen LogP contribution is 2.33. The fraction of sp³-hybridized carbons (Fsp3) is 0.118. The molecule has 4 aromatic rings. The second-order valence-corrected chi connectivity index (χ2v) is 7.85. The zero-order valence-electron chi connectivity index (χ0n) is 13.1. The molecule has 1 aromatic carbocycles. The number of alkyl halides is 2. The van der Waals surface area contributed by atoms with E-state index in [1.54, 1.807) is 22.4 Å². The molecule has 0 N–H and O–H groups in total. The molecule has 26 heavy (non-hydrogen) atoms. The lowest BCUT2D eigenvalue weighted by molar-refractivity contribution is 0.150. The molecule has 132 valence electrons. The maximum atomic E-state index is 12.8. The van der Waals surface area contributed by atoms with Gasteiger partial charge in [-0.1, -0.05) is 53.3 Å². The first-order valence-corrected chi connectivity index (χ1v) is 9.75. The van der Waals surface area contributed by atoms with Crippen LogP contribution in [0.5, 0.6) is 0 Å². The van der Waals surface area contributed by atoms with Crippen molar-refractivity contribution in [3.8, 4) is 10.8 Å². The fourth-order valence-electron chi connectivity index (χ4n) is 2.42. The maximum Gasteiger partial charge on any atom is 0.291 e. The average Bonchev–Trinajstić information content (AvgIpc) is 3.28. The van der Waals surface area contributed by atoms with Crippen molar-refractivity contribution in [3.63, 3.8) is 0 Å². The average molecular weight is 409 g/mol. The number of hydrogen-bond donors (Lipinski definition) is 0. The summed E-state index contributed by atoms with van der Waals surface area (Å²) in [5.74, 6) is 1.24. The first-order chi connectivity index (χ1) is 12.6. The Morgan fingerprint density at radius 3 is 2.73 bits per heavy atom. The third kappa shape index (κ3) is 3.44. The van der Waals surface area contributed by atoms with E-state index in [9.17, 15) is 8.78 Å². The molecule has 0 aliphatic rings. The molecule has 0 spiro atoms. The number of rotatable bonds is 5. The molecule has 0 bridgehead atoms. The minimum absolute atomic E-state index is 0.322. The van der Waals surface area contributed by atoms with Crippen molar-refractivity contribution in [1.29, 1.82) is 0 Å². The summed E-state index contributed by atoms with van der Waals surface area (Å²) in [6.45, 7) is 0. The van der Waals surface area contributed by atoms with Crippen molar-refractivity contribution >= 4 is 40.2 Å². The predicted molar refractivity (Wildman–Crippen MR) is 100 cm³/mol. The van der Waals surface area contributed by atoms with Gasteiger partial charge in [-0.05, 0) is 11.6 Å². The number of nitrogens with zero attached hydrogens (tertiary/aromatic N) is 4. The van der Waals surface area contributed by atoms with Crippen LogP contribution < -0.4 is 0 Å². The molecule has 3 aromatic heterocycles. The molecular weight excluding hydrogens is 398 g/mol. The van der Waals surface area contributed by atoms with E-state index in [2.05, 4.69) is 27.3 Å². The monoisotopic (exact) mass is 408 g/mol. The summed E-state index contributed by atoms with van der Waals surface area (Å²) in [5.41, 5.74) is 1.89. The van der Waals surface area contributed by atoms with Gasteiger partial charge in [-0.2, -0.15) is 0 Å². The first kappa shape index (κ1) is 17.4. The highest BCUT2D eigenvalue weighted by atomic mass is 35.5. The molecule has 9 heteroatoms. The Balaban J connectivity index is 1.68. The third-order valence-electron chi connectivity index (χ3n) is 3.63. The lowest BCUT2D eigenvalue weighted by atomic mass is 10.2. The summed E-state index contributed by atoms with van der Waals surface area (Å²) in [4.78, 5) is 5.24. The minimum atomic E-state index is -2.65. The zero-order chi connectivity index (χ0) is 18.1. The van der Waals surface area contributed by atoms with Crippen LogP contribution in [0.2, 0.25) is 5.02 Å². The zero-order valence-corrected chi connectivity index (χ0v) is 15.5. The van der Waals surface area contributed by atoms with Crippen LogP contribution in [0, 0.1) is 0 Å². The van der Waals surface area contributed by atoms with E-state index in [1.807, 2.05) is 30.5 Å². The number of pyridine rings is 1. The molecule has 0 aliphatic heterocycles. The number of thioether (sulfide) groups is 1. The van der Waals surface area contributed by atoms with Gasteiger partial charge in [-0.25, -0.2) is 13.8 Å². The normalized spacial score (nSPS) is 11.5. The Labute approximate surface area is 160 Å². The van der Waals surface area contributed by atoms with Crippen LogP contribution in [0.1, 0.15) is 17.0 Å². The van der Waals surface area contributed by atoms with Crippen molar-refractivity contribution in [3.05, 3.63) is 64.4 Å². The molecule has 0 aliphatic carbocycles. The van der Waals surface area contributed by atoms with Gasteiger partial charge in [-0.15, -0.1) is 22.0 Å². The molecule has 4 nitrogen and oxygen atoms in total. The summed E-state index contributed by atoms with van der Waals surface area (Å²) < 4.78 is 27.3. The third-order valence-corrected chi connectivity index (χ3v) is 5.90. The predicted octanol–water partition coefficient (Wildman–Crippen LogP) is 5.74. The summed E-state index contributed by atoms with van der Waals surface area (Å²) in [7, 11) is 0. The van der Waals surface area contributed by atoms with Crippen LogP contribution in [0.3, 0.4) is 0 Å². The van der Waals surface area contributed by atoms with Crippen molar-refractivity contribution in [2.75, 3.05) is 0 Å². The van der Waals surface area contributed by atoms with Gasteiger partial charge in [0, 0.05) is 16.8 Å². The molecule has 0 radical (unpaired) electrons. The summed E-state index contributed by atoms with van der Waals surface area (Å²) in [6, 6.07) is 12.0. The van der Waals surface area contributed by atoms with E-state index in [4.69, 9.17) is 11.6 Å². The Bertz CT molecular complexity index is 1050. The summed E-state index contributed by atoms with van der Waals surface area (Å²) >= 11 is 8.84. The molecule has 3 heterocycles. The molecule has 0 fully saturated rings. The molecule has 0 atom stereocenters. The van der Waals surface area contributed by atoms with Crippen molar-refractivity contribution in [1.82, 2.24) is 19.6 Å². The fourth-order valence-corrected chi connectivity index (χ4v) is 4.34. The Morgan fingerprint density at radius 2 is 2.00 bits per heavy atom.